The Bertz CT molecular complexity index is 442. The third-order valence-electron chi connectivity index (χ3n) is 3.72. The van der Waals surface area contributed by atoms with E-state index in [1.165, 1.54) is 24.4 Å². The summed E-state index contributed by atoms with van der Waals surface area (Å²) in [6.45, 7) is 6.40. The van der Waals surface area contributed by atoms with Crippen LogP contribution in [0.1, 0.15) is 10.4 Å². The minimum atomic E-state index is -0.0178. The lowest BCUT2D eigenvalue weighted by molar-refractivity contribution is 0.0138. The Labute approximate surface area is 116 Å². The monoisotopic (exact) mass is 285 g/mol. The first-order valence-corrected chi connectivity index (χ1v) is 7.47. The molecular formula is C12H16ClN3OS. The smallest absolute Gasteiger partial charge is 0.252 e. The van der Waals surface area contributed by atoms with Crippen LogP contribution >= 0.6 is 22.9 Å². The number of nitrogens with one attached hydrogen (secondary N) is 1. The topological polar surface area (TPSA) is 35.6 Å². The fraction of sp³-hybridized carbons (Fsp3) is 0.583. The molecule has 3 aliphatic heterocycles. The summed E-state index contributed by atoms with van der Waals surface area (Å²) in [6, 6.07) is 2.18. The third kappa shape index (κ3) is 2.54. The SMILES string of the molecule is O=C(NCC1CN2CCN1CC2)c1csc(Cl)c1. The van der Waals surface area contributed by atoms with E-state index in [1.807, 2.05) is 0 Å². The predicted octanol–water partition coefficient (Wildman–Crippen LogP) is 1.13. The molecule has 0 spiro atoms. The maximum Gasteiger partial charge on any atom is 0.252 e. The molecule has 0 aromatic carbocycles. The molecule has 6 heteroatoms. The zero-order valence-electron chi connectivity index (χ0n) is 10.1. The Kier molecular flexibility index (Phi) is 3.56. The van der Waals surface area contributed by atoms with Gasteiger partial charge in [0.1, 0.15) is 0 Å². The molecule has 4 nitrogen and oxygen atoms in total. The van der Waals surface area contributed by atoms with E-state index in [9.17, 15) is 4.79 Å². The fourth-order valence-corrected chi connectivity index (χ4v) is 3.52. The molecule has 0 saturated carbocycles. The van der Waals surface area contributed by atoms with Gasteiger partial charge in [-0.2, -0.15) is 0 Å². The van der Waals surface area contributed by atoms with Crippen molar-refractivity contribution < 1.29 is 4.79 Å². The third-order valence-corrected chi connectivity index (χ3v) is 4.81. The summed E-state index contributed by atoms with van der Waals surface area (Å²) < 4.78 is 0.659. The number of thiophene rings is 1. The quantitative estimate of drug-likeness (QED) is 0.904. The van der Waals surface area contributed by atoms with Gasteiger partial charge in [0, 0.05) is 50.7 Å². The van der Waals surface area contributed by atoms with Crippen LogP contribution < -0.4 is 5.32 Å². The van der Waals surface area contributed by atoms with Crippen molar-refractivity contribution in [1.82, 2.24) is 15.1 Å². The number of nitrogens with zero attached hydrogens (tertiary/aromatic N) is 2. The average molecular weight is 286 g/mol. The average Bonchev–Trinajstić information content (AvgIpc) is 2.84. The van der Waals surface area contributed by atoms with Gasteiger partial charge < -0.3 is 5.32 Å². The lowest BCUT2D eigenvalue weighted by Crippen LogP contribution is -2.63. The molecule has 18 heavy (non-hydrogen) atoms. The van der Waals surface area contributed by atoms with Crippen molar-refractivity contribution in [2.45, 2.75) is 6.04 Å². The van der Waals surface area contributed by atoms with Crippen LogP contribution in [0, 0.1) is 0 Å². The molecule has 1 aromatic rings. The maximum absolute atomic E-state index is 11.9. The van der Waals surface area contributed by atoms with Gasteiger partial charge in [-0.3, -0.25) is 14.6 Å². The summed E-state index contributed by atoms with van der Waals surface area (Å²) in [6.07, 6.45) is 0. The number of piperazine rings is 3. The normalized spacial score (nSPS) is 30.4. The summed E-state index contributed by atoms with van der Waals surface area (Å²) >= 11 is 7.22. The Morgan fingerprint density at radius 2 is 2.22 bits per heavy atom. The van der Waals surface area contributed by atoms with Gasteiger partial charge >= 0.3 is 0 Å². The van der Waals surface area contributed by atoms with Crippen LogP contribution in [-0.2, 0) is 0 Å². The van der Waals surface area contributed by atoms with E-state index >= 15 is 0 Å². The van der Waals surface area contributed by atoms with Gasteiger partial charge in [-0.1, -0.05) is 11.6 Å². The standard InChI is InChI=1S/C12H16ClN3OS/c13-11-5-9(8-18-11)12(17)14-6-10-7-15-1-3-16(10)4-2-15/h5,8,10H,1-4,6-7H2,(H,14,17). The summed E-state index contributed by atoms with van der Waals surface area (Å²) in [4.78, 5) is 16.9. The van der Waals surface area contributed by atoms with Crippen molar-refractivity contribution in [3.05, 3.63) is 21.3 Å². The molecule has 1 atom stereocenters. The molecule has 0 aliphatic carbocycles. The zero-order valence-corrected chi connectivity index (χ0v) is 11.6. The minimum Gasteiger partial charge on any atom is -0.350 e. The summed E-state index contributed by atoms with van der Waals surface area (Å²) in [7, 11) is 0. The van der Waals surface area contributed by atoms with Crippen molar-refractivity contribution in [2.24, 2.45) is 0 Å². The predicted molar refractivity (Wildman–Crippen MR) is 73.5 cm³/mol. The van der Waals surface area contributed by atoms with E-state index in [0.717, 1.165) is 26.2 Å². The van der Waals surface area contributed by atoms with Crippen LogP contribution in [0.3, 0.4) is 0 Å². The first-order chi connectivity index (χ1) is 8.72. The second kappa shape index (κ2) is 5.17. The number of carbonyl (C=O) groups excluding carboxylic acids is 1. The van der Waals surface area contributed by atoms with Crippen molar-refractivity contribution in [3.63, 3.8) is 0 Å². The summed E-state index contributed by atoms with van der Waals surface area (Å²) in [5, 5.41) is 4.81. The van der Waals surface area contributed by atoms with E-state index in [1.54, 1.807) is 11.4 Å². The lowest BCUT2D eigenvalue weighted by Gasteiger charge is -2.47. The summed E-state index contributed by atoms with van der Waals surface area (Å²) in [5.74, 6) is -0.0178. The fourth-order valence-electron chi connectivity index (χ4n) is 2.66. The Morgan fingerprint density at radius 1 is 1.44 bits per heavy atom. The van der Waals surface area contributed by atoms with Gasteiger partial charge in [0.15, 0.2) is 0 Å². The number of amides is 1. The van der Waals surface area contributed by atoms with Gasteiger partial charge in [-0.25, -0.2) is 0 Å². The first kappa shape index (κ1) is 12.4. The largest absolute Gasteiger partial charge is 0.350 e. The van der Waals surface area contributed by atoms with Crippen molar-refractivity contribution in [1.29, 1.82) is 0 Å². The number of hydrogen-bond donors (Lipinski definition) is 1. The van der Waals surface area contributed by atoms with Crippen molar-refractivity contribution in [2.75, 3.05) is 39.3 Å². The molecule has 98 valence electrons. The van der Waals surface area contributed by atoms with E-state index in [2.05, 4.69) is 15.1 Å². The van der Waals surface area contributed by atoms with Gasteiger partial charge in [0.2, 0.25) is 0 Å². The van der Waals surface area contributed by atoms with E-state index < -0.39 is 0 Å². The highest BCUT2D eigenvalue weighted by Gasteiger charge is 2.31. The Hall–Kier alpha value is -0.620. The highest BCUT2D eigenvalue weighted by molar-refractivity contribution is 7.14. The highest BCUT2D eigenvalue weighted by atomic mass is 35.5. The molecule has 0 radical (unpaired) electrons. The van der Waals surface area contributed by atoms with E-state index in [0.29, 0.717) is 15.9 Å². The summed E-state index contributed by atoms with van der Waals surface area (Å²) in [5.41, 5.74) is 0.668. The van der Waals surface area contributed by atoms with E-state index in [-0.39, 0.29) is 5.91 Å². The molecule has 1 unspecified atom stereocenters. The number of hydrogen-bond acceptors (Lipinski definition) is 4. The van der Waals surface area contributed by atoms with Crippen LogP contribution in [-0.4, -0.2) is 61.0 Å². The number of carbonyl (C=O) groups is 1. The maximum atomic E-state index is 11.9. The van der Waals surface area contributed by atoms with Crippen LogP contribution in [0.4, 0.5) is 0 Å². The first-order valence-electron chi connectivity index (χ1n) is 6.21. The lowest BCUT2D eigenvalue weighted by atomic mass is 10.1. The molecule has 4 heterocycles. The van der Waals surface area contributed by atoms with Crippen LogP contribution in [0.15, 0.2) is 11.4 Å². The highest BCUT2D eigenvalue weighted by Crippen LogP contribution is 2.20. The van der Waals surface area contributed by atoms with Crippen molar-refractivity contribution in [3.8, 4) is 0 Å². The zero-order chi connectivity index (χ0) is 12.5. The van der Waals surface area contributed by atoms with Crippen molar-refractivity contribution >= 4 is 28.8 Å². The molecule has 1 N–H and O–H groups in total. The van der Waals surface area contributed by atoms with Crippen LogP contribution in [0.5, 0.6) is 0 Å². The Balaban J connectivity index is 1.54. The molecular weight excluding hydrogens is 270 g/mol. The second-order valence-corrected chi connectivity index (χ2v) is 6.38. The second-order valence-electron chi connectivity index (χ2n) is 4.84. The molecule has 1 amide bonds. The molecule has 1 aromatic heterocycles. The van der Waals surface area contributed by atoms with Gasteiger partial charge in [-0.05, 0) is 6.07 Å². The molecule has 3 saturated heterocycles. The van der Waals surface area contributed by atoms with Crippen LogP contribution in [0.2, 0.25) is 4.34 Å². The van der Waals surface area contributed by atoms with Gasteiger partial charge in [0.25, 0.3) is 5.91 Å². The Morgan fingerprint density at radius 3 is 2.78 bits per heavy atom. The van der Waals surface area contributed by atoms with Gasteiger partial charge in [-0.15, -0.1) is 11.3 Å². The number of rotatable bonds is 3. The van der Waals surface area contributed by atoms with Gasteiger partial charge in [0.05, 0.1) is 9.90 Å². The van der Waals surface area contributed by atoms with Crippen LogP contribution in [0.25, 0.3) is 0 Å². The number of halogens is 1. The molecule has 2 bridgehead atoms. The molecule has 3 fully saturated rings. The minimum absolute atomic E-state index is 0.0178. The molecule has 3 aliphatic rings. The van der Waals surface area contributed by atoms with E-state index in [4.69, 9.17) is 11.6 Å². The number of fused-ring (bicyclic) bond motifs is 3. The molecule has 4 rings (SSSR count).